The molecule has 156 valence electrons. The first-order chi connectivity index (χ1) is 13.4. The van der Waals surface area contributed by atoms with Crippen LogP contribution in [0.25, 0.3) is 0 Å². The van der Waals surface area contributed by atoms with Gasteiger partial charge in [-0.15, -0.1) is 0 Å². The van der Waals surface area contributed by atoms with E-state index in [4.69, 9.17) is 0 Å². The Morgan fingerprint density at radius 2 is 2.11 bits per heavy atom. The van der Waals surface area contributed by atoms with Gasteiger partial charge in [0.1, 0.15) is 0 Å². The minimum atomic E-state index is -0.0239. The van der Waals surface area contributed by atoms with Gasteiger partial charge in [0, 0.05) is 45.3 Å². The van der Waals surface area contributed by atoms with Crippen molar-refractivity contribution >= 4 is 11.9 Å². The lowest BCUT2D eigenvalue weighted by atomic mass is 9.97. The first-order valence-corrected chi connectivity index (χ1v) is 10.4. The van der Waals surface area contributed by atoms with Crippen molar-refractivity contribution < 1.29 is 4.79 Å². The van der Waals surface area contributed by atoms with E-state index in [1.54, 1.807) is 0 Å². The fourth-order valence-corrected chi connectivity index (χ4v) is 3.72. The van der Waals surface area contributed by atoms with Gasteiger partial charge in [0.2, 0.25) is 0 Å². The highest BCUT2D eigenvalue weighted by molar-refractivity contribution is 5.94. The highest BCUT2D eigenvalue weighted by atomic mass is 16.1. The Labute approximate surface area is 170 Å². The molecule has 2 rings (SSSR count). The maximum Gasteiger partial charge on any atom is 0.251 e. The molecule has 1 aromatic carbocycles. The number of likely N-dealkylation sites (tertiary alicyclic amines) is 1. The molecule has 6 nitrogen and oxygen atoms in total. The monoisotopic (exact) mass is 387 g/mol. The van der Waals surface area contributed by atoms with Crippen LogP contribution in [0.2, 0.25) is 0 Å². The summed E-state index contributed by atoms with van der Waals surface area (Å²) in [7, 11) is 5.83. The minimum Gasteiger partial charge on any atom is -0.352 e. The standard InChI is InChI=1S/C22H37N5O/c1-17(2)13-19-9-11-27(16-19)22(23-3)25-15-18-7-6-8-20(14-18)21(28)24-10-12-26(4)5/h6-8,14,17,19H,9-13,15-16H2,1-5H3,(H,23,25)(H,24,28). The molecule has 1 heterocycles. The van der Waals surface area contributed by atoms with Crippen LogP contribution in [0, 0.1) is 11.8 Å². The van der Waals surface area contributed by atoms with Gasteiger partial charge in [-0.05, 0) is 56.5 Å². The summed E-state index contributed by atoms with van der Waals surface area (Å²) >= 11 is 0. The molecule has 0 aromatic heterocycles. The van der Waals surface area contributed by atoms with Gasteiger partial charge in [-0.3, -0.25) is 9.79 Å². The number of guanidine groups is 1. The smallest absolute Gasteiger partial charge is 0.251 e. The predicted octanol–water partition coefficient (Wildman–Crippen LogP) is 2.42. The average Bonchev–Trinajstić information content (AvgIpc) is 3.09. The van der Waals surface area contributed by atoms with Crippen molar-refractivity contribution in [1.29, 1.82) is 0 Å². The zero-order valence-corrected chi connectivity index (χ0v) is 18.2. The van der Waals surface area contributed by atoms with Gasteiger partial charge in [0.05, 0.1) is 0 Å². The van der Waals surface area contributed by atoms with E-state index < -0.39 is 0 Å². The molecule has 1 aliphatic rings. The number of hydrogen-bond donors (Lipinski definition) is 2. The summed E-state index contributed by atoms with van der Waals surface area (Å²) in [6, 6.07) is 7.80. The van der Waals surface area contributed by atoms with Crippen molar-refractivity contribution in [2.24, 2.45) is 16.8 Å². The van der Waals surface area contributed by atoms with Crippen LogP contribution in [-0.4, -0.2) is 69.0 Å². The van der Waals surface area contributed by atoms with E-state index in [0.29, 0.717) is 18.7 Å². The van der Waals surface area contributed by atoms with Crippen LogP contribution in [0.3, 0.4) is 0 Å². The highest BCUT2D eigenvalue weighted by Gasteiger charge is 2.25. The molecule has 0 spiro atoms. The second kappa shape index (κ2) is 11.1. The third-order valence-electron chi connectivity index (χ3n) is 5.09. The Morgan fingerprint density at radius 3 is 2.79 bits per heavy atom. The summed E-state index contributed by atoms with van der Waals surface area (Å²) < 4.78 is 0. The molecule has 6 heteroatoms. The first kappa shape index (κ1) is 22.2. The van der Waals surface area contributed by atoms with Crippen molar-refractivity contribution in [3.63, 3.8) is 0 Å². The summed E-state index contributed by atoms with van der Waals surface area (Å²) in [5, 5.41) is 6.43. The Kier molecular flexibility index (Phi) is 8.77. The van der Waals surface area contributed by atoms with Gasteiger partial charge in [-0.2, -0.15) is 0 Å². The number of nitrogens with one attached hydrogen (secondary N) is 2. The topological polar surface area (TPSA) is 60.0 Å². The highest BCUT2D eigenvalue weighted by Crippen LogP contribution is 2.23. The quantitative estimate of drug-likeness (QED) is 0.531. The van der Waals surface area contributed by atoms with Crippen molar-refractivity contribution in [2.75, 3.05) is 47.3 Å². The van der Waals surface area contributed by atoms with Crippen LogP contribution >= 0.6 is 0 Å². The van der Waals surface area contributed by atoms with Crippen LogP contribution < -0.4 is 10.6 Å². The Morgan fingerprint density at radius 1 is 1.32 bits per heavy atom. The average molecular weight is 388 g/mol. The molecule has 0 bridgehead atoms. The van der Waals surface area contributed by atoms with E-state index in [0.717, 1.165) is 43.0 Å². The maximum absolute atomic E-state index is 12.3. The Balaban J connectivity index is 1.87. The molecule has 28 heavy (non-hydrogen) atoms. The van der Waals surface area contributed by atoms with Crippen LogP contribution in [0.4, 0.5) is 0 Å². The van der Waals surface area contributed by atoms with Gasteiger partial charge in [0.25, 0.3) is 5.91 Å². The SMILES string of the molecule is CN=C(NCc1cccc(C(=O)NCCN(C)C)c1)N1CCC(CC(C)C)C1. The molecular formula is C22H37N5O. The van der Waals surface area contributed by atoms with E-state index >= 15 is 0 Å². The summed E-state index contributed by atoms with van der Waals surface area (Å²) in [4.78, 5) is 21.2. The molecule has 1 amide bonds. The van der Waals surface area contributed by atoms with Crippen LogP contribution in [0.15, 0.2) is 29.3 Å². The summed E-state index contributed by atoms with van der Waals surface area (Å²) in [6.07, 6.45) is 2.51. The van der Waals surface area contributed by atoms with Gasteiger partial charge in [-0.1, -0.05) is 26.0 Å². The molecule has 2 N–H and O–H groups in total. The number of aliphatic imine (C=N–C) groups is 1. The molecular weight excluding hydrogens is 350 g/mol. The number of nitrogens with zero attached hydrogens (tertiary/aromatic N) is 3. The van der Waals surface area contributed by atoms with Crippen LogP contribution in [0.1, 0.15) is 42.6 Å². The zero-order chi connectivity index (χ0) is 20.5. The summed E-state index contributed by atoms with van der Waals surface area (Å²) in [5.41, 5.74) is 1.78. The molecule has 1 fully saturated rings. The molecule has 1 atom stereocenters. The molecule has 1 aromatic rings. The third-order valence-corrected chi connectivity index (χ3v) is 5.09. The van der Waals surface area contributed by atoms with E-state index in [9.17, 15) is 4.79 Å². The molecule has 1 unspecified atom stereocenters. The van der Waals surface area contributed by atoms with Crippen molar-refractivity contribution in [3.05, 3.63) is 35.4 Å². The molecule has 1 saturated heterocycles. The number of carbonyl (C=O) groups excluding carboxylic acids is 1. The predicted molar refractivity (Wildman–Crippen MR) is 117 cm³/mol. The Hall–Kier alpha value is -2.08. The van der Waals surface area contributed by atoms with Crippen LogP contribution in [-0.2, 0) is 6.54 Å². The van der Waals surface area contributed by atoms with Crippen molar-refractivity contribution in [2.45, 2.75) is 33.2 Å². The fourth-order valence-electron chi connectivity index (χ4n) is 3.72. The second-order valence-electron chi connectivity index (χ2n) is 8.39. The zero-order valence-electron chi connectivity index (χ0n) is 18.2. The number of likely N-dealkylation sites (N-methyl/N-ethyl adjacent to an activating group) is 1. The maximum atomic E-state index is 12.3. The lowest BCUT2D eigenvalue weighted by molar-refractivity contribution is 0.0951. The molecule has 0 saturated carbocycles. The van der Waals surface area contributed by atoms with Crippen molar-refractivity contribution in [1.82, 2.24) is 20.4 Å². The summed E-state index contributed by atoms with van der Waals surface area (Å²) in [6.45, 7) is 8.86. The lowest BCUT2D eigenvalue weighted by Crippen LogP contribution is -2.39. The summed E-state index contributed by atoms with van der Waals surface area (Å²) in [5.74, 6) is 2.43. The number of rotatable bonds is 8. The van der Waals surface area contributed by atoms with Gasteiger partial charge >= 0.3 is 0 Å². The number of carbonyl (C=O) groups is 1. The second-order valence-corrected chi connectivity index (χ2v) is 8.39. The van der Waals surface area contributed by atoms with Crippen LogP contribution in [0.5, 0.6) is 0 Å². The Bertz CT molecular complexity index is 656. The minimum absolute atomic E-state index is 0.0239. The van der Waals surface area contributed by atoms with Gasteiger partial charge in [-0.25, -0.2) is 0 Å². The fraction of sp³-hybridized carbons (Fsp3) is 0.636. The third kappa shape index (κ3) is 7.15. The van der Waals surface area contributed by atoms with Crippen molar-refractivity contribution in [3.8, 4) is 0 Å². The van der Waals surface area contributed by atoms with E-state index in [2.05, 4.69) is 39.3 Å². The normalized spacial score (nSPS) is 17.5. The molecule has 0 radical (unpaired) electrons. The van der Waals surface area contributed by atoms with Gasteiger partial charge in [0.15, 0.2) is 5.96 Å². The molecule has 1 aliphatic heterocycles. The number of hydrogen-bond acceptors (Lipinski definition) is 3. The first-order valence-electron chi connectivity index (χ1n) is 10.4. The number of amides is 1. The van der Waals surface area contributed by atoms with Gasteiger partial charge < -0.3 is 20.4 Å². The molecule has 0 aliphatic carbocycles. The largest absolute Gasteiger partial charge is 0.352 e. The van der Waals surface area contributed by atoms with E-state index in [-0.39, 0.29) is 5.91 Å². The number of benzene rings is 1. The van der Waals surface area contributed by atoms with E-state index in [1.165, 1.54) is 12.8 Å². The van der Waals surface area contributed by atoms with E-state index in [1.807, 2.05) is 45.4 Å². The lowest BCUT2D eigenvalue weighted by Gasteiger charge is -2.22.